The molecule has 118 valence electrons. The smallest absolute Gasteiger partial charge is 0.240 e. The highest BCUT2D eigenvalue weighted by Gasteiger charge is 2.18. The van der Waals surface area contributed by atoms with Gasteiger partial charge in [-0.1, -0.05) is 23.7 Å². The van der Waals surface area contributed by atoms with Crippen LogP contribution >= 0.6 is 11.6 Å². The van der Waals surface area contributed by atoms with E-state index in [2.05, 4.69) is 4.72 Å². The molecule has 1 unspecified atom stereocenters. The van der Waals surface area contributed by atoms with E-state index >= 15 is 0 Å². The monoisotopic (exact) mass is 347 g/mol. The lowest BCUT2D eigenvalue weighted by atomic mass is 10.1. The van der Waals surface area contributed by atoms with Gasteiger partial charge in [-0.05, 0) is 35.9 Å². The van der Waals surface area contributed by atoms with Gasteiger partial charge in [0, 0.05) is 11.6 Å². The molecule has 0 aromatic heterocycles. The summed E-state index contributed by atoms with van der Waals surface area (Å²) in [6.45, 7) is -0.317. The Labute approximate surface area is 131 Å². The van der Waals surface area contributed by atoms with Crippen LogP contribution in [-0.4, -0.2) is 20.1 Å². The van der Waals surface area contributed by atoms with Gasteiger partial charge in [-0.15, -0.1) is 0 Å². The molecule has 0 saturated heterocycles. The second-order valence-corrected chi connectivity index (χ2v) is 6.70. The first-order valence-corrected chi connectivity index (χ1v) is 8.04. The number of aliphatic hydroxyl groups excluding tert-OH is 1. The van der Waals surface area contributed by atoms with E-state index < -0.39 is 32.7 Å². The Kier molecular flexibility index (Phi) is 5.12. The van der Waals surface area contributed by atoms with Gasteiger partial charge in [-0.25, -0.2) is 21.9 Å². The summed E-state index contributed by atoms with van der Waals surface area (Å²) in [5.41, 5.74) is 0.470. The van der Waals surface area contributed by atoms with Crippen molar-refractivity contribution in [2.24, 2.45) is 0 Å². The molecule has 2 aromatic carbocycles. The fourth-order valence-electron chi connectivity index (χ4n) is 1.72. The Morgan fingerprint density at radius 2 is 1.73 bits per heavy atom. The Bertz CT molecular complexity index is 766. The number of halogens is 3. The van der Waals surface area contributed by atoms with E-state index in [1.165, 1.54) is 0 Å². The lowest BCUT2D eigenvalue weighted by Gasteiger charge is -2.13. The summed E-state index contributed by atoms with van der Waals surface area (Å²) < 4.78 is 51.9. The van der Waals surface area contributed by atoms with Crippen LogP contribution < -0.4 is 4.72 Å². The van der Waals surface area contributed by atoms with Crippen LogP contribution in [0, 0.1) is 11.6 Å². The van der Waals surface area contributed by atoms with Crippen molar-refractivity contribution < 1.29 is 22.3 Å². The number of rotatable bonds is 5. The Morgan fingerprint density at radius 1 is 1.09 bits per heavy atom. The van der Waals surface area contributed by atoms with E-state index in [1.54, 1.807) is 24.3 Å². The topological polar surface area (TPSA) is 66.4 Å². The van der Waals surface area contributed by atoms with Crippen LogP contribution in [0.2, 0.25) is 5.02 Å². The molecular formula is C14H12ClF2NO3S. The minimum absolute atomic E-state index is 0.317. The quantitative estimate of drug-likeness (QED) is 0.873. The molecule has 0 spiro atoms. The first-order chi connectivity index (χ1) is 10.3. The van der Waals surface area contributed by atoms with Gasteiger partial charge in [0.2, 0.25) is 10.0 Å². The van der Waals surface area contributed by atoms with Crippen LogP contribution in [-0.2, 0) is 10.0 Å². The predicted octanol–water partition coefficient (Wildman–Crippen LogP) is 2.63. The SMILES string of the molecule is O=S(=O)(NCC(O)c1ccc(Cl)cc1)c1ccc(F)c(F)c1. The Morgan fingerprint density at radius 3 is 2.32 bits per heavy atom. The molecule has 8 heteroatoms. The normalized spacial score (nSPS) is 13.1. The first kappa shape index (κ1) is 16.8. The third-order valence-corrected chi connectivity index (χ3v) is 4.60. The first-order valence-electron chi connectivity index (χ1n) is 6.18. The third kappa shape index (κ3) is 4.01. The summed E-state index contributed by atoms with van der Waals surface area (Å²) >= 11 is 5.71. The number of sulfonamides is 1. The molecule has 1 atom stereocenters. The molecule has 4 nitrogen and oxygen atoms in total. The fraction of sp³-hybridized carbons (Fsp3) is 0.143. The molecule has 0 bridgehead atoms. The standard InChI is InChI=1S/C14H12ClF2NO3S/c15-10-3-1-9(2-4-10)14(19)8-18-22(20,21)11-5-6-12(16)13(17)7-11/h1-7,14,18-19H,8H2. The van der Waals surface area contributed by atoms with E-state index in [4.69, 9.17) is 11.6 Å². The van der Waals surface area contributed by atoms with E-state index in [1.807, 2.05) is 0 Å². The van der Waals surface area contributed by atoms with Crippen molar-refractivity contribution in [2.75, 3.05) is 6.54 Å². The van der Waals surface area contributed by atoms with Crippen LogP contribution in [0.5, 0.6) is 0 Å². The molecule has 0 aliphatic heterocycles. The van der Waals surface area contributed by atoms with Gasteiger partial charge in [0.1, 0.15) is 0 Å². The van der Waals surface area contributed by atoms with Crippen LogP contribution in [0.15, 0.2) is 47.4 Å². The van der Waals surface area contributed by atoms with Crippen molar-refractivity contribution in [3.8, 4) is 0 Å². The van der Waals surface area contributed by atoms with Crippen molar-refractivity contribution in [1.29, 1.82) is 0 Å². The predicted molar refractivity (Wildman–Crippen MR) is 78.0 cm³/mol. The van der Waals surface area contributed by atoms with Gasteiger partial charge in [0.05, 0.1) is 11.0 Å². The molecular weight excluding hydrogens is 336 g/mol. The Balaban J connectivity index is 2.09. The molecule has 0 aliphatic carbocycles. The molecule has 0 aliphatic rings. The van der Waals surface area contributed by atoms with E-state index in [9.17, 15) is 22.3 Å². The molecule has 0 amide bonds. The largest absolute Gasteiger partial charge is 0.387 e. The van der Waals surface area contributed by atoms with E-state index in [0.717, 1.165) is 12.1 Å². The maximum atomic E-state index is 13.1. The summed E-state index contributed by atoms with van der Waals surface area (Å²) in [7, 11) is -4.05. The highest BCUT2D eigenvalue weighted by Crippen LogP contribution is 2.17. The number of aliphatic hydroxyl groups is 1. The number of nitrogens with one attached hydrogen (secondary N) is 1. The second-order valence-electron chi connectivity index (χ2n) is 4.50. The maximum absolute atomic E-state index is 13.1. The number of benzene rings is 2. The molecule has 0 heterocycles. The summed E-state index contributed by atoms with van der Waals surface area (Å²) in [6, 6.07) is 8.47. The van der Waals surface area contributed by atoms with Crippen LogP contribution in [0.3, 0.4) is 0 Å². The molecule has 2 rings (SSSR count). The van der Waals surface area contributed by atoms with Gasteiger partial charge in [-0.2, -0.15) is 0 Å². The van der Waals surface area contributed by atoms with E-state index in [-0.39, 0.29) is 6.54 Å². The van der Waals surface area contributed by atoms with Gasteiger partial charge in [0.25, 0.3) is 0 Å². The maximum Gasteiger partial charge on any atom is 0.240 e. The van der Waals surface area contributed by atoms with Gasteiger partial charge in [-0.3, -0.25) is 0 Å². The zero-order valence-electron chi connectivity index (χ0n) is 11.1. The molecule has 0 radical (unpaired) electrons. The Hall–Kier alpha value is -1.54. The van der Waals surface area contributed by atoms with Crippen LogP contribution in [0.25, 0.3) is 0 Å². The van der Waals surface area contributed by atoms with Crippen LogP contribution in [0.4, 0.5) is 8.78 Å². The zero-order chi connectivity index (χ0) is 16.3. The molecule has 2 N–H and O–H groups in total. The minimum atomic E-state index is -4.05. The fourth-order valence-corrected chi connectivity index (χ4v) is 2.89. The molecule has 0 fully saturated rings. The molecule has 22 heavy (non-hydrogen) atoms. The average molecular weight is 348 g/mol. The average Bonchev–Trinajstić information content (AvgIpc) is 2.48. The third-order valence-electron chi connectivity index (χ3n) is 2.92. The lowest BCUT2D eigenvalue weighted by Crippen LogP contribution is -2.28. The van der Waals surface area contributed by atoms with Crippen molar-refractivity contribution in [3.05, 3.63) is 64.7 Å². The molecule has 2 aromatic rings. The van der Waals surface area contributed by atoms with Crippen molar-refractivity contribution in [1.82, 2.24) is 4.72 Å². The highest BCUT2D eigenvalue weighted by molar-refractivity contribution is 7.89. The van der Waals surface area contributed by atoms with E-state index in [0.29, 0.717) is 16.7 Å². The van der Waals surface area contributed by atoms with Gasteiger partial charge in [0.15, 0.2) is 11.6 Å². The van der Waals surface area contributed by atoms with Gasteiger partial charge >= 0.3 is 0 Å². The lowest BCUT2D eigenvalue weighted by molar-refractivity contribution is 0.182. The summed E-state index contributed by atoms with van der Waals surface area (Å²) in [4.78, 5) is -0.422. The van der Waals surface area contributed by atoms with Crippen LogP contribution in [0.1, 0.15) is 11.7 Å². The summed E-state index contributed by atoms with van der Waals surface area (Å²) in [5.74, 6) is -2.40. The zero-order valence-corrected chi connectivity index (χ0v) is 12.7. The molecule has 0 saturated carbocycles. The summed E-state index contributed by atoms with van der Waals surface area (Å²) in [6.07, 6.45) is -1.10. The minimum Gasteiger partial charge on any atom is -0.387 e. The summed E-state index contributed by atoms with van der Waals surface area (Å²) in [5, 5.41) is 10.4. The second kappa shape index (κ2) is 6.70. The number of hydrogen-bond acceptors (Lipinski definition) is 3. The van der Waals surface area contributed by atoms with Crippen molar-refractivity contribution in [3.63, 3.8) is 0 Å². The van der Waals surface area contributed by atoms with Crippen molar-refractivity contribution >= 4 is 21.6 Å². The number of hydrogen-bond donors (Lipinski definition) is 2. The van der Waals surface area contributed by atoms with Crippen molar-refractivity contribution in [2.45, 2.75) is 11.0 Å². The van der Waals surface area contributed by atoms with Gasteiger partial charge < -0.3 is 5.11 Å². The highest BCUT2D eigenvalue weighted by atomic mass is 35.5.